The summed E-state index contributed by atoms with van der Waals surface area (Å²) in [5, 5.41) is 12.2. The van der Waals surface area contributed by atoms with Crippen LogP contribution in [-0.2, 0) is 11.3 Å². The fraction of sp³-hybridized carbons (Fsp3) is 0.278. The van der Waals surface area contributed by atoms with Crippen molar-refractivity contribution in [3.8, 4) is 0 Å². The van der Waals surface area contributed by atoms with Crippen molar-refractivity contribution in [3.63, 3.8) is 0 Å². The van der Waals surface area contributed by atoms with Gasteiger partial charge in [0.2, 0.25) is 0 Å². The molecule has 0 fully saturated rings. The molecule has 2 aromatic carbocycles. The van der Waals surface area contributed by atoms with Crippen LogP contribution >= 0.6 is 0 Å². The van der Waals surface area contributed by atoms with E-state index in [0.29, 0.717) is 11.3 Å². The van der Waals surface area contributed by atoms with E-state index in [4.69, 9.17) is 4.74 Å². The third kappa shape index (κ3) is 4.86. The molecule has 0 aliphatic rings. The van der Waals surface area contributed by atoms with Crippen molar-refractivity contribution in [2.24, 2.45) is 0 Å². The Bertz CT molecular complexity index is 685. The summed E-state index contributed by atoms with van der Waals surface area (Å²) in [6.07, 6.45) is 1.11. The summed E-state index contributed by atoms with van der Waals surface area (Å²) in [7, 11) is 0. The molecule has 0 atom stereocenters. The summed E-state index contributed by atoms with van der Waals surface area (Å²) in [5.41, 5.74) is 0.169. The van der Waals surface area contributed by atoms with Crippen LogP contribution in [0.15, 0.2) is 48.5 Å². The number of rotatable bonds is 6. The highest BCUT2D eigenvalue weighted by Gasteiger charge is 2.27. The van der Waals surface area contributed by atoms with Crippen LogP contribution in [0.4, 0.5) is 8.78 Å². The predicted octanol–water partition coefficient (Wildman–Crippen LogP) is 3.89. The van der Waals surface area contributed by atoms with Gasteiger partial charge in [0.1, 0.15) is 18.2 Å². The van der Waals surface area contributed by atoms with Crippen molar-refractivity contribution in [2.75, 3.05) is 6.61 Å². The maximum atomic E-state index is 13.6. The Hall–Kier alpha value is -2.27. The van der Waals surface area contributed by atoms with Crippen molar-refractivity contribution < 1.29 is 18.3 Å². The van der Waals surface area contributed by atoms with Gasteiger partial charge in [0.15, 0.2) is 11.8 Å². The Morgan fingerprint density at radius 3 is 2.48 bits per heavy atom. The van der Waals surface area contributed by atoms with Crippen LogP contribution in [-0.4, -0.2) is 23.1 Å². The van der Waals surface area contributed by atoms with Gasteiger partial charge in [-0.05, 0) is 17.7 Å². The van der Waals surface area contributed by atoms with Gasteiger partial charge in [-0.1, -0.05) is 30.3 Å². The van der Waals surface area contributed by atoms with Gasteiger partial charge in [-0.2, -0.15) is 0 Å². The Morgan fingerprint density at radius 2 is 1.83 bits per heavy atom. The minimum absolute atomic E-state index is 0.0394. The number of hydrogen-bond acceptors (Lipinski definition) is 2. The number of benzene rings is 2. The molecule has 5 heteroatoms. The molecule has 0 radical (unpaired) electrons. The molecule has 0 unspecified atom stereocenters. The first-order valence-corrected chi connectivity index (χ1v) is 7.26. The second-order valence-electron chi connectivity index (χ2n) is 5.91. The first-order chi connectivity index (χ1) is 10.9. The maximum absolute atomic E-state index is 13.6. The zero-order valence-corrected chi connectivity index (χ0v) is 13.1. The third-order valence-electron chi connectivity index (χ3n) is 3.38. The quantitative estimate of drug-likeness (QED) is 0.350. The molecule has 23 heavy (non-hydrogen) atoms. The zero-order chi connectivity index (χ0) is 16.9. The first-order valence-electron chi connectivity index (χ1n) is 7.26. The van der Waals surface area contributed by atoms with E-state index in [9.17, 15) is 14.0 Å². The van der Waals surface area contributed by atoms with Crippen molar-refractivity contribution >= 4 is 6.21 Å². The van der Waals surface area contributed by atoms with Gasteiger partial charge in [-0.25, -0.2) is 13.5 Å². The number of halogens is 2. The predicted molar refractivity (Wildman–Crippen MR) is 85.3 cm³/mol. The summed E-state index contributed by atoms with van der Waals surface area (Å²) in [5.74, 6) is -1.45. The van der Waals surface area contributed by atoms with Crippen LogP contribution < -0.4 is 0 Å². The molecule has 0 aromatic heterocycles. The molecule has 0 aliphatic heterocycles. The molecule has 0 N–H and O–H groups in total. The van der Waals surface area contributed by atoms with Gasteiger partial charge in [0, 0.05) is 19.9 Å². The van der Waals surface area contributed by atoms with E-state index in [1.165, 1.54) is 6.07 Å². The highest BCUT2D eigenvalue weighted by molar-refractivity contribution is 5.76. The maximum Gasteiger partial charge on any atom is 0.190 e. The molecule has 3 nitrogen and oxygen atoms in total. The molecular weight excluding hydrogens is 300 g/mol. The van der Waals surface area contributed by atoms with Gasteiger partial charge >= 0.3 is 0 Å². The van der Waals surface area contributed by atoms with E-state index in [0.717, 1.165) is 23.9 Å². The lowest BCUT2D eigenvalue weighted by atomic mass is 10.1. The molecule has 0 saturated carbocycles. The molecule has 2 rings (SSSR count). The van der Waals surface area contributed by atoms with E-state index in [1.807, 2.05) is 30.3 Å². The van der Waals surface area contributed by atoms with Crippen LogP contribution in [0, 0.1) is 16.8 Å². The van der Waals surface area contributed by atoms with Crippen molar-refractivity contribution in [1.29, 1.82) is 0 Å². The summed E-state index contributed by atoms with van der Waals surface area (Å²) in [4.78, 5) is 0. The third-order valence-corrected chi connectivity index (χ3v) is 3.38. The highest BCUT2D eigenvalue weighted by atomic mass is 19.1. The van der Waals surface area contributed by atoms with Crippen LogP contribution in [0.5, 0.6) is 0 Å². The standard InChI is InChI=1S/C18H19F2NO2/c1-18(2,13-23-12-14-6-4-3-5-7-14)21(22)11-15-8-9-16(19)10-17(15)20/h3-11H,12-13H2,1-2H3/b21-11-. The topological polar surface area (TPSA) is 35.3 Å². The van der Waals surface area contributed by atoms with Crippen molar-refractivity contribution in [2.45, 2.75) is 26.0 Å². The molecule has 0 saturated heterocycles. The number of ether oxygens (including phenoxy) is 1. The minimum Gasteiger partial charge on any atom is -0.623 e. The summed E-state index contributed by atoms with van der Waals surface area (Å²) in [6, 6.07) is 12.7. The Kier molecular flexibility index (Phi) is 5.45. The lowest BCUT2D eigenvalue weighted by Gasteiger charge is -2.24. The van der Waals surface area contributed by atoms with E-state index >= 15 is 0 Å². The lowest BCUT2D eigenvalue weighted by molar-refractivity contribution is -0.541. The molecule has 2 aromatic rings. The van der Waals surface area contributed by atoms with Gasteiger partial charge in [-0.15, -0.1) is 0 Å². The Balaban J connectivity index is 2.01. The fourth-order valence-electron chi connectivity index (χ4n) is 1.96. The van der Waals surface area contributed by atoms with Crippen LogP contribution in [0.3, 0.4) is 0 Å². The van der Waals surface area contributed by atoms with E-state index in [1.54, 1.807) is 13.8 Å². The smallest absolute Gasteiger partial charge is 0.190 e. The van der Waals surface area contributed by atoms with Crippen LogP contribution in [0.25, 0.3) is 0 Å². The fourth-order valence-corrected chi connectivity index (χ4v) is 1.96. The molecule has 0 heterocycles. The molecular formula is C18H19F2NO2. The average molecular weight is 319 g/mol. The molecule has 0 spiro atoms. The van der Waals surface area contributed by atoms with Crippen LogP contribution in [0.1, 0.15) is 25.0 Å². The summed E-state index contributed by atoms with van der Waals surface area (Å²) < 4.78 is 32.7. The molecule has 122 valence electrons. The Morgan fingerprint density at radius 1 is 1.13 bits per heavy atom. The zero-order valence-electron chi connectivity index (χ0n) is 13.1. The number of hydrogen-bond donors (Lipinski definition) is 0. The summed E-state index contributed by atoms with van der Waals surface area (Å²) in [6.45, 7) is 3.96. The van der Waals surface area contributed by atoms with E-state index < -0.39 is 17.2 Å². The highest BCUT2D eigenvalue weighted by Crippen LogP contribution is 2.13. The minimum atomic E-state index is -0.879. The van der Waals surface area contributed by atoms with Gasteiger partial charge in [0.25, 0.3) is 0 Å². The number of hydroxylamine groups is 1. The van der Waals surface area contributed by atoms with Gasteiger partial charge < -0.3 is 9.94 Å². The summed E-state index contributed by atoms with van der Waals surface area (Å²) >= 11 is 0. The largest absolute Gasteiger partial charge is 0.623 e. The molecule has 0 aliphatic carbocycles. The second-order valence-corrected chi connectivity index (χ2v) is 5.91. The number of nitrogens with zero attached hydrogens (tertiary/aromatic N) is 1. The SMILES string of the molecule is CC(C)(COCc1ccccc1)/[N+]([O-])=C/c1ccc(F)cc1F. The van der Waals surface area contributed by atoms with E-state index in [-0.39, 0.29) is 12.2 Å². The lowest BCUT2D eigenvalue weighted by Crippen LogP contribution is -2.38. The normalized spacial score (nSPS) is 12.4. The van der Waals surface area contributed by atoms with Gasteiger partial charge in [0.05, 0.1) is 12.2 Å². The second kappa shape index (κ2) is 7.33. The first kappa shape index (κ1) is 17.1. The average Bonchev–Trinajstić information content (AvgIpc) is 2.51. The van der Waals surface area contributed by atoms with Crippen LogP contribution in [0.2, 0.25) is 0 Å². The molecule has 0 amide bonds. The monoisotopic (exact) mass is 319 g/mol. The van der Waals surface area contributed by atoms with E-state index in [2.05, 4.69) is 0 Å². The van der Waals surface area contributed by atoms with Crippen molar-refractivity contribution in [3.05, 3.63) is 76.5 Å². The van der Waals surface area contributed by atoms with Gasteiger partial charge in [-0.3, -0.25) is 0 Å². The Labute approximate surface area is 134 Å². The van der Waals surface area contributed by atoms with Crippen molar-refractivity contribution in [1.82, 2.24) is 0 Å². The molecule has 0 bridgehead atoms.